The van der Waals surface area contributed by atoms with Crippen molar-refractivity contribution >= 4 is 33.4 Å². The second kappa shape index (κ2) is 6.56. The number of anilines is 1. The maximum atomic E-state index is 13.3. The van der Waals surface area contributed by atoms with E-state index in [0.717, 1.165) is 0 Å². The van der Waals surface area contributed by atoms with Crippen molar-refractivity contribution in [3.63, 3.8) is 0 Å². The van der Waals surface area contributed by atoms with Gasteiger partial charge in [0.1, 0.15) is 11.9 Å². The lowest BCUT2D eigenvalue weighted by atomic mass is 10.0. The first-order valence-electron chi connectivity index (χ1n) is 6.94. The third-order valence-corrected chi connectivity index (χ3v) is 3.99. The van der Waals surface area contributed by atoms with Crippen LogP contribution in [0.25, 0.3) is 0 Å². The Morgan fingerprint density at radius 2 is 2.14 bits per heavy atom. The first-order chi connectivity index (χ1) is 9.88. The van der Waals surface area contributed by atoms with Gasteiger partial charge in [-0.2, -0.15) is 0 Å². The van der Waals surface area contributed by atoms with Crippen LogP contribution in [0.4, 0.5) is 10.1 Å². The highest BCUT2D eigenvalue weighted by molar-refractivity contribution is 9.10. The number of carbonyl (C=O) groups is 2. The minimum Gasteiger partial charge on any atom is -0.344 e. The van der Waals surface area contributed by atoms with Gasteiger partial charge in [0, 0.05) is 18.7 Å². The Bertz CT molecular complexity index is 563. The molecule has 1 N–H and O–H groups in total. The molecule has 21 heavy (non-hydrogen) atoms. The molecule has 1 saturated heterocycles. The molecule has 0 saturated carbocycles. The SMILES string of the molecule is CC(C)CC1NC(=O)CCN(c2ccc(F)c(Br)c2)C1=O. The molecule has 1 aliphatic rings. The maximum absolute atomic E-state index is 13.3. The molecule has 0 spiro atoms. The Balaban J connectivity index is 2.30. The van der Waals surface area contributed by atoms with Crippen molar-refractivity contribution in [2.45, 2.75) is 32.7 Å². The van der Waals surface area contributed by atoms with Crippen LogP contribution in [0.1, 0.15) is 26.7 Å². The summed E-state index contributed by atoms with van der Waals surface area (Å²) in [6.45, 7) is 4.31. The van der Waals surface area contributed by atoms with Crippen molar-refractivity contribution in [2.24, 2.45) is 5.92 Å². The number of nitrogens with zero attached hydrogens (tertiary/aromatic N) is 1. The predicted molar refractivity (Wildman–Crippen MR) is 82.5 cm³/mol. The largest absolute Gasteiger partial charge is 0.344 e. The van der Waals surface area contributed by atoms with E-state index in [1.807, 2.05) is 13.8 Å². The predicted octanol–water partition coefficient (Wildman–Crippen LogP) is 2.86. The Kier molecular flexibility index (Phi) is 4.98. The molecule has 0 aliphatic carbocycles. The minimum absolute atomic E-state index is 0.127. The van der Waals surface area contributed by atoms with Crippen LogP contribution in [0.15, 0.2) is 22.7 Å². The van der Waals surface area contributed by atoms with Crippen LogP contribution >= 0.6 is 15.9 Å². The third kappa shape index (κ3) is 3.81. The quantitative estimate of drug-likeness (QED) is 0.905. The first kappa shape index (κ1) is 15.9. The summed E-state index contributed by atoms with van der Waals surface area (Å²) < 4.78 is 13.6. The number of rotatable bonds is 3. The summed E-state index contributed by atoms with van der Waals surface area (Å²) in [6, 6.07) is 3.91. The van der Waals surface area contributed by atoms with E-state index in [4.69, 9.17) is 0 Å². The van der Waals surface area contributed by atoms with Crippen molar-refractivity contribution in [3.8, 4) is 0 Å². The number of halogens is 2. The van der Waals surface area contributed by atoms with Gasteiger partial charge >= 0.3 is 0 Å². The molecule has 1 fully saturated rings. The van der Waals surface area contributed by atoms with Gasteiger partial charge in [-0.25, -0.2) is 4.39 Å². The molecule has 2 rings (SSSR count). The van der Waals surface area contributed by atoms with Gasteiger partial charge in [0.15, 0.2) is 0 Å². The van der Waals surface area contributed by atoms with E-state index in [1.54, 1.807) is 17.0 Å². The minimum atomic E-state index is -0.524. The number of nitrogens with one attached hydrogen (secondary N) is 1. The van der Waals surface area contributed by atoms with E-state index >= 15 is 0 Å². The van der Waals surface area contributed by atoms with Crippen LogP contribution in [0, 0.1) is 11.7 Å². The topological polar surface area (TPSA) is 49.4 Å². The van der Waals surface area contributed by atoms with Crippen LogP contribution in [0.5, 0.6) is 0 Å². The molecule has 4 nitrogen and oxygen atoms in total. The van der Waals surface area contributed by atoms with Crippen LogP contribution < -0.4 is 10.2 Å². The molecule has 0 bridgehead atoms. The summed E-state index contributed by atoms with van der Waals surface area (Å²) in [6.07, 6.45) is 0.832. The summed E-state index contributed by atoms with van der Waals surface area (Å²) in [4.78, 5) is 25.9. The van der Waals surface area contributed by atoms with E-state index in [9.17, 15) is 14.0 Å². The van der Waals surface area contributed by atoms with Crippen LogP contribution in [0.3, 0.4) is 0 Å². The summed E-state index contributed by atoms with van der Waals surface area (Å²) in [5.74, 6) is -0.362. The van der Waals surface area contributed by atoms with E-state index in [1.165, 1.54) is 6.07 Å². The van der Waals surface area contributed by atoms with Gasteiger partial charge in [0.25, 0.3) is 0 Å². The van der Waals surface area contributed by atoms with Crippen LogP contribution in [-0.2, 0) is 9.59 Å². The number of hydrogen-bond donors (Lipinski definition) is 1. The monoisotopic (exact) mass is 356 g/mol. The number of carbonyl (C=O) groups excluding carboxylic acids is 2. The molecule has 1 aromatic carbocycles. The Morgan fingerprint density at radius 1 is 1.43 bits per heavy atom. The fourth-order valence-corrected chi connectivity index (χ4v) is 2.75. The van der Waals surface area contributed by atoms with Crippen molar-refractivity contribution in [1.82, 2.24) is 5.32 Å². The zero-order valence-corrected chi connectivity index (χ0v) is 13.6. The lowest BCUT2D eigenvalue weighted by molar-refractivity contribution is -0.125. The van der Waals surface area contributed by atoms with Gasteiger partial charge < -0.3 is 10.2 Å². The fraction of sp³-hybridized carbons (Fsp3) is 0.467. The molecule has 0 radical (unpaired) electrons. The smallest absolute Gasteiger partial charge is 0.249 e. The molecular formula is C15H18BrFN2O2. The molecule has 1 atom stereocenters. The summed E-state index contributed by atoms with van der Waals surface area (Å²) in [5, 5.41) is 2.77. The highest BCUT2D eigenvalue weighted by Gasteiger charge is 2.31. The molecule has 1 aliphatic heterocycles. The fourth-order valence-electron chi connectivity index (χ4n) is 2.38. The van der Waals surface area contributed by atoms with E-state index in [0.29, 0.717) is 29.0 Å². The second-order valence-corrected chi connectivity index (χ2v) is 6.44. The van der Waals surface area contributed by atoms with Gasteiger partial charge in [0.05, 0.1) is 4.47 Å². The third-order valence-electron chi connectivity index (χ3n) is 3.38. The molecular weight excluding hydrogens is 339 g/mol. The molecule has 1 heterocycles. The molecule has 114 valence electrons. The summed E-state index contributed by atoms with van der Waals surface area (Å²) >= 11 is 3.12. The average molecular weight is 357 g/mol. The standard InChI is InChI=1S/C15H18BrFN2O2/c1-9(2)7-13-15(21)19(6-5-14(20)18-13)10-3-4-12(17)11(16)8-10/h3-4,8-9,13H,5-7H2,1-2H3,(H,18,20). The molecule has 1 unspecified atom stereocenters. The van der Waals surface area contributed by atoms with E-state index in [-0.39, 0.29) is 24.1 Å². The van der Waals surface area contributed by atoms with Gasteiger partial charge in [-0.3, -0.25) is 9.59 Å². The highest BCUT2D eigenvalue weighted by atomic mass is 79.9. The van der Waals surface area contributed by atoms with Gasteiger partial charge in [0.2, 0.25) is 11.8 Å². The Labute approximate surface area is 131 Å². The van der Waals surface area contributed by atoms with Crippen molar-refractivity contribution in [3.05, 3.63) is 28.5 Å². The molecule has 0 aromatic heterocycles. The zero-order valence-electron chi connectivity index (χ0n) is 12.0. The summed E-state index contributed by atoms with van der Waals surface area (Å²) in [7, 11) is 0. The lowest BCUT2D eigenvalue weighted by Gasteiger charge is -2.25. The van der Waals surface area contributed by atoms with E-state index < -0.39 is 6.04 Å². The highest BCUT2D eigenvalue weighted by Crippen LogP contribution is 2.25. The zero-order chi connectivity index (χ0) is 15.6. The van der Waals surface area contributed by atoms with Crippen molar-refractivity contribution in [1.29, 1.82) is 0 Å². The number of benzene rings is 1. The van der Waals surface area contributed by atoms with Gasteiger partial charge in [-0.15, -0.1) is 0 Å². The second-order valence-electron chi connectivity index (χ2n) is 5.59. The normalized spacial score (nSPS) is 19.7. The Morgan fingerprint density at radius 3 is 2.76 bits per heavy atom. The maximum Gasteiger partial charge on any atom is 0.249 e. The van der Waals surface area contributed by atoms with Crippen LogP contribution in [-0.4, -0.2) is 24.4 Å². The Hall–Kier alpha value is -1.43. The van der Waals surface area contributed by atoms with E-state index in [2.05, 4.69) is 21.2 Å². The molecule has 6 heteroatoms. The van der Waals surface area contributed by atoms with Crippen molar-refractivity contribution < 1.29 is 14.0 Å². The number of amides is 2. The molecule has 2 amide bonds. The van der Waals surface area contributed by atoms with Crippen LogP contribution in [0.2, 0.25) is 0 Å². The van der Waals surface area contributed by atoms with Crippen molar-refractivity contribution in [2.75, 3.05) is 11.4 Å². The van der Waals surface area contributed by atoms with Gasteiger partial charge in [-0.1, -0.05) is 13.8 Å². The first-order valence-corrected chi connectivity index (χ1v) is 7.73. The lowest BCUT2D eigenvalue weighted by Crippen LogP contribution is -2.45. The summed E-state index contributed by atoms with van der Waals surface area (Å²) in [5.41, 5.74) is 0.596. The van der Waals surface area contributed by atoms with Gasteiger partial charge in [-0.05, 0) is 46.5 Å². The number of hydrogen-bond acceptors (Lipinski definition) is 2. The average Bonchev–Trinajstić information content (AvgIpc) is 2.53. The molecule has 1 aromatic rings.